The van der Waals surface area contributed by atoms with Crippen LogP contribution in [-0.4, -0.2) is 12.5 Å². The van der Waals surface area contributed by atoms with E-state index < -0.39 is 0 Å². The molecule has 1 aliphatic heterocycles. The molecule has 19 heavy (non-hydrogen) atoms. The molecule has 1 amide bonds. The van der Waals surface area contributed by atoms with Crippen LogP contribution in [-0.2, 0) is 11.2 Å². The Morgan fingerprint density at radius 1 is 1.42 bits per heavy atom. The fraction of sp³-hybridized carbons (Fsp3) is 0.562. The summed E-state index contributed by atoms with van der Waals surface area (Å²) >= 11 is 0. The average molecular weight is 258 g/mol. The van der Waals surface area contributed by atoms with E-state index in [2.05, 4.69) is 35.8 Å². The van der Waals surface area contributed by atoms with Gasteiger partial charge in [-0.05, 0) is 42.5 Å². The van der Waals surface area contributed by atoms with Crippen molar-refractivity contribution in [1.29, 1.82) is 0 Å². The Kier molecular flexibility index (Phi) is 3.56. The standard InChI is InChI=1S/C16H22N2O/c1-2-7-17-15(8-11-3-4-11)12-5-6-14-13(9-12)10-16(19)18-14/h5-6,9,11,15,17H,2-4,7-8,10H2,1H3,(H,18,19). The van der Waals surface area contributed by atoms with Crippen molar-refractivity contribution in [3.05, 3.63) is 29.3 Å². The van der Waals surface area contributed by atoms with E-state index >= 15 is 0 Å². The van der Waals surface area contributed by atoms with E-state index in [9.17, 15) is 4.79 Å². The van der Waals surface area contributed by atoms with Gasteiger partial charge in [0.2, 0.25) is 5.91 Å². The number of fused-ring (bicyclic) bond motifs is 1. The summed E-state index contributed by atoms with van der Waals surface area (Å²) in [6.45, 7) is 3.26. The summed E-state index contributed by atoms with van der Waals surface area (Å²) in [6, 6.07) is 6.89. The number of nitrogens with one attached hydrogen (secondary N) is 2. The molecule has 3 heteroatoms. The number of hydrogen-bond donors (Lipinski definition) is 2. The lowest BCUT2D eigenvalue weighted by atomic mass is 9.98. The lowest BCUT2D eigenvalue weighted by Crippen LogP contribution is -2.22. The van der Waals surface area contributed by atoms with Crippen LogP contribution in [0.4, 0.5) is 5.69 Å². The van der Waals surface area contributed by atoms with Crippen LogP contribution in [0, 0.1) is 5.92 Å². The van der Waals surface area contributed by atoms with Gasteiger partial charge < -0.3 is 10.6 Å². The van der Waals surface area contributed by atoms with Gasteiger partial charge in [-0.25, -0.2) is 0 Å². The average Bonchev–Trinajstić information content (AvgIpc) is 3.13. The van der Waals surface area contributed by atoms with Gasteiger partial charge in [0, 0.05) is 11.7 Å². The van der Waals surface area contributed by atoms with Crippen molar-refractivity contribution >= 4 is 11.6 Å². The molecule has 0 saturated heterocycles. The zero-order valence-corrected chi connectivity index (χ0v) is 11.5. The normalized spacial score (nSPS) is 19.1. The van der Waals surface area contributed by atoms with Crippen molar-refractivity contribution in [2.45, 2.75) is 45.1 Å². The summed E-state index contributed by atoms with van der Waals surface area (Å²) in [5.41, 5.74) is 3.49. The van der Waals surface area contributed by atoms with Gasteiger partial charge >= 0.3 is 0 Å². The molecule has 2 aliphatic rings. The Morgan fingerprint density at radius 3 is 3.00 bits per heavy atom. The molecule has 1 aromatic rings. The number of amides is 1. The van der Waals surface area contributed by atoms with Crippen LogP contribution < -0.4 is 10.6 Å². The van der Waals surface area contributed by atoms with Gasteiger partial charge in [0.15, 0.2) is 0 Å². The number of hydrogen-bond acceptors (Lipinski definition) is 2. The van der Waals surface area contributed by atoms with Crippen LogP contribution in [0.15, 0.2) is 18.2 Å². The summed E-state index contributed by atoms with van der Waals surface area (Å²) in [5, 5.41) is 6.55. The number of carbonyl (C=O) groups is 1. The third kappa shape index (κ3) is 2.98. The molecule has 0 bridgehead atoms. The van der Waals surface area contributed by atoms with E-state index in [0.29, 0.717) is 12.5 Å². The Balaban J connectivity index is 1.77. The first kappa shape index (κ1) is 12.7. The topological polar surface area (TPSA) is 41.1 Å². The minimum atomic E-state index is 0.118. The first-order chi connectivity index (χ1) is 9.26. The summed E-state index contributed by atoms with van der Waals surface area (Å²) in [6.07, 6.45) is 5.70. The minimum Gasteiger partial charge on any atom is -0.326 e. The van der Waals surface area contributed by atoms with E-state index in [1.54, 1.807) is 0 Å². The van der Waals surface area contributed by atoms with Gasteiger partial charge in [0.05, 0.1) is 6.42 Å². The van der Waals surface area contributed by atoms with E-state index in [1.807, 2.05) is 0 Å². The van der Waals surface area contributed by atoms with Crippen molar-refractivity contribution in [1.82, 2.24) is 5.32 Å². The van der Waals surface area contributed by atoms with Gasteiger partial charge in [0.25, 0.3) is 0 Å². The van der Waals surface area contributed by atoms with E-state index in [0.717, 1.165) is 30.1 Å². The van der Waals surface area contributed by atoms with Crippen molar-refractivity contribution in [3.63, 3.8) is 0 Å². The van der Waals surface area contributed by atoms with Crippen LogP contribution in [0.5, 0.6) is 0 Å². The molecular weight excluding hydrogens is 236 g/mol. The second-order valence-corrected chi connectivity index (χ2v) is 5.83. The molecule has 0 spiro atoms. The number of rotatable bonds is 6. The summed E-state index contributed by atoms with van der Waals surface area (Å²) in [7, 11) is 0. The van der Waals surface area contributed by atoms with Crippen molar-refractivity contribution < 1.29 is 4.79 Å². The first-order valence-corrected chi connectivity index (χ1v) is 7.42. The molecule has 1 fully saturated rings. The maximum Gasteiger partial charge on any atom is 0.228 e. The van der Waals surface area contributed by atoms with Crippen molar-refractivity contribution in [2.75, 3.05) is 11.9 Å². The van der Waals surface area contributed by atoms with Crippen LogP contribution in [0.25, 0.3) is 0 Å². The quantitative estimate of drug-likeness (QED) is 0.823. The zero-order valence-electron chi connectivity index (χ0n) is 11.5. The van der Waals surface area contributed by atoms with Crippen molar-refractivity contribution in [3.8, 4) is 0 Å². The minimum absolute atomic E-state index is 0.118. The maximum atomic E-state index is 11.4. The van der Waals surface area contributed by atoms with Gasteiger partial charge in [0.1, 0.15) is 0 Å². The molecule has 1 aromatic carbocycles. The molecule has 1 atom stereocenters. The Bertz CT molecular complexity index is 480. The molecule has 0 radical (unpaired) electrons. The lowest BCUT2D eigenvalue weighted by molar-refractivity contribution is -0.115. The summed E-state index contributed by atoms with van der Waals surface area (Å²) < 4.78 is 0. The third-order valence-electron chi connectivity index (χ3n) is 4.06. The number of carbonyl (C=O) groups excluding carboxylic acids is 1. The van der Waals surface area contributed by atoms with E-state index in [4.69, 9.17) is 0 Å². The fourth-order valence-corrected chi connectivity index (χ4v) is 2.81. The first-order valence-electron chi connectivity index (χ1n) is 7.42. The van der Waals surface area contributed by atoms with Gasteiger partial charge in [-0.2, -0.15) is 0 Å². The highest BCUT2D eigenvalue weighted by atomic mass is 16.1. The largest absolute Gasteiger partial charge is 0.326 e. The van der Waals surface area contributed by atoms with Crippen LogP contribution in [0.3, 0.4) is 0 Å². The second-order valence-electron chi connectivity index (χ2n) is 5.83. The van der Waals surface area contributed by atoms with Gasteiger partial charge in [-0.3, -0.25) is 4.79 Å². The summed E-state index contributed by atoms with van der Waals surface area (Å²) in [4.78, 5) is 11.4. The third-order valence-corrected chi connectivity index (χ3v) is 4.06. The van der Waals surface area contributed by atoms with Crippen LogP contribution >= 0.6 is 0 Å². The smallest absolute Gasteiger partial charge is 0.228 e. The predicted molar refractivity (Wildman–Crippen MR) is 77.2 cm³/mol. The molecule has 1 aliphatic carbocycles. The Labute approximate surface area is 114 Å². The molecule has 2 N–H and O–H groups in total. The summed E-state index contributed by atoms with van der Waals surface area (Å²) in [5.74, 6) is 1.02. The Hall–Kier alpha value is -1.35. The molecule has 3 nitrogen and oxygen atoms in total. The molecule has 1 heterocycles. The molecular formula is C16H22N2O. The molecule has 1 unspecified atom stereocenters. The zero-order chi connectivity index (χ0) is 13.2. The highest BCUT2D eigenvalue weighted by molar-refractivity contribution is 5.99. The predicted octanol–water partition coefficient (Wildman–Crippen LogP) is 3.02. The highest BCUT2D eigenvalue weighted by Crippen LogP contribution is 2.38. The monoisotopic (exact) mass is 258 g/mol. The lowest BCUT2D eigenvalue weighted by Gasteiger charge is -2.19. The van der Waals surface area contributed by atoms with Crippen LogP contribution in [0.1, 0.15) is 49.8 Å². The number of benzene rings is 1. The van der Waals surface area contributed by atoms with Crippen LogP contribution in [0.2, 0.25) is 0 Å². The highest BCUT2D eigenvalue weighted by Gasteiger charge is 2.27. The second kappa shape index (κ2) is 5.33. The molecule has 3 rings (SSSR count). The SMILES string of the molecule is CCCNC(CC1CC1)c1ccc2c(c1)CC(=O)N2. The van der Waals surface area contributed by atoms with Gasteiger partial charge in [-0.1, -0.05) is 31.9 Å². The molecule has 1 saturated carbocycles. The number of anilines is 1. The molecule has 102 valence electrons. The fourth-order valence-electron chi connectivity index (χ4n) is 2.81. The Morgan fingerprint density at radius 2 is 2.26 bits per heavy atom. The van der Waals surface area contributed by atoms with Crippen molar-refractivity contribution in [2.24, 2.45) is 5.92 Å². The molecule has 0 aromatic heterocycles. The van der Waals surface area contributed by atoms with E-state index in [1.165, 1.54) is 24.8 Å². The van der Waals surface area contributed by atoms with E-state index in [-0.39, 0.29) is 5.91 Å². The van der Waals surface area contributed by atoms with Gasteiger partial charge in [-0.15, -0.1) is 0 Å². The maximum absolute atomic E-state index is 11.4.